The molecule has 0 heterocycles. The summed E-state index contributed by atoms with van der Waals surface area (Å²) in [5, 5.41) is 0.555. The van der Waals surface area contributed by atoms with Crippen LogP contribution in [0.5, 0.6) is 11.5 Å². The van der Waals surface area contributed by atoms with Crippen LogP contribution in [0.15, 0.2) is 42.5 Å². The second-order valence-electron chi connectivity index (χ2n) is 4.70. The van der Waals surface area contributed by atoms with Gasteiger partial charge in [-0.1, -0.05) is 11.6 Å². The Morgan fingerprint density at radius 3 is 2.32 bits per heavy atom. The lowest BCUT2D eigenvalue weighted by atomic mass is 10.1. The number of halogens is 1. The molecule has 2 rings (SSSR count). The minimum Gasteiger partial charge on any atom is -0.455 e. The van der Waals surface area contributed by atoms with Crippen LogP contribution >= 0.6 is 11.6 Å². The molecule has 0 bridgehead atoms. The zero-order valence-electron chi connectivity index (χ0n) is 12.0. The van der Waals surface area contributed by atoms with Crippen LogP contribution in [0, 0.1) is 0 Å². The number of hydrogen-bond acceptors (Lipinski definition) is 4. The minimum absolute atomic E-state index is 0.146. The number of sulfonamides is 1. The molecular weight excluding hydrogens is 326 g/mol. The molecule has 1 N–H and O–H groups in total. The van der Waals surface area contributed by atoms with Crippen molar-refractivity contribution in [2.24, 2.45) is 0 Å². The molecule has 0 saturated heterocycles. The van der Waals surface area contributed by atoms with E-state index in [1.165, 1.54) is 25.1 Å². The van der Waals surface area contributed by atoms with Crippen LogP contribution in [0.3, 0.4) is 0 Å². The fourth-order valence-electron chi connectivity index (χ4n) is 1.74. The summed E-state index contributed by atoms with van der Waals surface area (Å²) >= 11 is 5.81. The van der Waals surface area contributed by atoms with Crippen LogP contribution in [0.2, 0.25) is 5.02 Å². The Labute approximate surface area is 133 Å². The average molecular weight is 340 g/mol. The van der Waals surface area contributed by atoms with Gasteiger partial charge >= 0.3 is 0 Å². The van der Waals surface area contributed by atoms with E-state index < -0.39 is 10.0 Å². The molecule has 22 heavy (non-hydrogen) atoms. The van der Waals surface area contributed by atoms with E-state index in [1.54, 1.807) is 24.3 Å². The van der Waals surface area contributed by atoms with Crippen LogP contribution in [0.1, 0.15) is 17.3 Å². The molecule has 5 nitrogen and oxygen atoms in total. The summed E-state index contributed by atoms with van der Waals surface area (Å²) in [5.74, 6) is 0.564. The number of Topliss-reactive ketones (excluding diaryl/α,β-unsaturated/α-hetero) is 1. The van der Waals surface area contributed by atoms with Crippen LogP contribution < -0.4 is 9.46 Å². The third-order valence-electron chi connectivity index (χ3n) is 2.72. The summed E-state index contributed by atoms with van der Waals surface area (Å²) < 4.78 is 30.9. The van der Waals surface area contributed by atoms with Crippen molar-refractivity contribution in [3.63, 3.8) is 0 Å². The SMILES string of the molecule is CC(=O)c1ccc(NS(C)(=O)=O)c(Oc2ccc(Cl)cc2)c1. The number of hydrogen-bond donors (Lipinski definition) is 1. The van der Waals surface area contributed by atoms with Gasteiger partial charge < -0.3 is 4.74 Å². The van der Waals surface area contributed by atoms with Gasteiger partial charge in [0.05, 0.1) is 11.9 Å². The van der Waals surface area contributed by atoms with Crippen LogP contribution in [0.25, 0.3) is 0 Å². The van der Waals surface area contributed by atoms with E-state index in [-0.39, 0.29) is 17.2 Å². The van der Waals surface area contributed by atoms with E-state index in [0.29, 0.717) is 16.3 Å². The molecule has 0 aromatic heterocycles. The number of carbonyl (C=O) groups excluding carboxylic acids is 1. The number of carbonyl (C=O) groups is 1. The maximum atomic E-state index is 11.5. The van der Waals surface area contributed by atoms with Crippen molar-refractivity contribution in [2.75, 3.05) is 11.0 Å². The largest absolute Gasteiger partial charge is 0.455 e. The van der Waals surface area contributed by atoms with E-state index in [9.17, 15) is 13.2 Å². The van der Waals surface area contributed by atoms with E-state index in [2.05, 4.69) is 4.72 Å². The van der Waals surface area contributed by atoms with Gasteiger partial charge in [-0.3, -0.25) is 9.52 Å². The molecule has 0 aliphatic rings. The van der Waals surface area contributed by atoms with Crippen molar-refractivity contribution in [1.82, 2.24) is 0 Å². The number of ether oxygens (including phenoxy) is 1. The van der Waals surface area contributed by atoms with E-state index >= 15 is 0 Å². The number of rotatable bonds is 5. The molecule has 2 aromatic carbocycles. The summed E-state index contributed by atoms with van der Waals surface area (Å²) in [4.78, 5) is 11.5. The fourth-order valence-corrected chi connectivity index (χ4v) is 2.43. The summed E-state index contributed by atoms with van der Waals surface area (Å²) in [6.45, 7) is 1.42. The van der Waals surface area contributed by atoms with E-state index in [0.717, 1.165) is 6.26 Å². The second-order valence-corrected chi connectivity index (χ2v) is 6.88. The number of ketones is 1. The van der Waals surface area contributed by atoms with Crippen molar-refractivity contribution in [3.8, 4) is 11.5 Å². The van der Waals surface area contributed by atoms with Gasteiger partial charge in [0.1, 0.15) is 5.75 Å². The normalized spacial score (nSPS) is 11.0. The topological polar surface area (TPSA) is 72.5 Å². The minimum atomic E-state index is -3.47. The molecule has 116 valence electrons. The van der Waals surface area contributed by atoms with Crippen molar-refractivity contribution < 1.29 is 17.9 Å². The number of benzene rings is 2. The smallest absolute Gasteiger partial charge is 0.229 e. The third kappa shape index (κ3) is 4.47. The molecule has 0 radical (unpaired) electrons. The summed E-state index contributed by atoms with van der Waals surface area (Å²) in [7, 11) is -3.47. The Kier molecular flexibility index (Phi) is 4.73. The van der Waals surface area contributed by atoms with Gasteiger partial charge in [0.15, 0.2) is 11.5 Å². The standard InChI is InChI=1S/C15H14ClNO4S/c1-10(18)11-3-8-14(17-22(2,19)20)15(9-11)21-13-6-4-12(16)5-7-13/h3-9,17H,1-2H3. The molecule has 0 unspecified atom stereocenters. The Balaban J connectivity index is 2.42. The molecular formula is C15H14ClNO4S. The molecule has 0 spiro atoms. The quantitative estimate of drug-likeness (QED) is 0.843. The first-order chi connectivity index (χ1) is 10.2. The summed E-state index contributed by atoms with van der Waals surface area (Å²) in [5.41, 5.74) is 0.672. The first kappa shape index (κ1) is 16.3. The highest BCUT2D eigenvalue weighted by Gasteiger charge is 2.12. The number of anilines is 1. The summed E-state index contributed by atoms with van der Waals surface area (Å²) in [6.07, 6.45) is 1.04. The lowest BCUT2D eigenvalue weighted by Gasteiger charge is -2.13. The van der Waals surface area contributed by atoms with Crippen molar-refractivity contribution in [2.45, 2.75) is 6.92 Å². The third-order valence-corrected chi connectivity index (χ3v) is 3.57. The van der Waals surface area contributed by atoms with E-state index in [1.807, 2.05) is 0 Å². The van der Waals surface area contributed by atoms with Crippen LogP contribution in [0.4, 0.5) is 5.69 Å². The second kappa shape index (κ2) is 6.37. The van der Waals surface area contributed by atoms with Crippen molar-refractivity contribution in [1.29, 1.82) is 0 Å². The maximum absolute atomic E-state index is 11.5. The van der Waals surface area contributed by atoms with Gasteiger partial charge in [-0.15, -0.1) is 0 Å². The lowest BCUT2D eigenvalue weighted by molar-refractivity contribution is 0.101. The lowest BCUT2D eigenvalue weighted by Crippen LogP contribution is -2.10. The molecule has 0 saturated carbocycles. The number of nitrogens with one attached hydrogen (secondary N) is 1. The average Bonchev–Trinajstić information content (AvgIpc) is 2.41. The van der Waals surface area contributed by atoms with E-state index in [4.69, 9.17) is 16.3 Å². The first-order valence-electron chi connectivity index (χ1n) is 6.31. The molecule has 0 atom stereocenters. The molecule has 0 fully saturated rings. The van der Waals surface area contributed by atoms with Gasteiger partial charge in [-0.2, -0.15) is 0 Å². The molecule has 2 aromatic rings. The monoisotopic (exact) mass is 339 g/mol. The Bertz CT molecular complexity index is 801. The summed E-state index contributed by atoms with van der Waals surface area (Å²) in [6, 6.07) is 11.1. The molecule has 0 aliphatic carbocycles. The molecule has 0 amide bonds. The van der Waals surface area contributed by atoms with Gasteiger partial charge in [0.2, 0.25) is 10.0 Å². The van der Waals surface area contributed by atoms with Crippen molar-refractivity contribution >= 4 is 33.1 Å². The molecule has 0 aliphatic heterocycles. The highest BCUT2D eigenvalue weighted by Crippen LogP contribution is 2.32. The highest BCUT2D eigenvalue weighted by molar-refractivity contribution is 7.92. The van der Waals surface area contributed by atoms with Gasteiger partial charge in [-0.25, -0.2) is 8.42 Å². The highest BCUT2D eigenvalue weighted by atomic mass is 35.5. The predicted molar refractivity (Wildman–Crippen MR) is 86.4 cm³/mol. The zero-order chi connectivity index (χ0) is 16.3. The fraction of sp³-hybridized carbons (Fsp3) is 0.133. The Morgan fingerprint density at radius 1 is 1.14 bits per heavy atom. The van der Waals surface area contributed by atoms with Crippen molar-refractivity contribution in [3.05, 3.63) is 53.1 Å². The van der Waals surface area contributed by atoms with Crippen LogP contribution in [-0.4, -0.2) is 20.5 Å². The zero-order valence-corrected chi connectivity index (χ0v) is 13.5. The Morgan fingerprint density at radius 2 is 1.77 bits per heavy atom. The van der Waals surface area contributed by atoms with Gasteiger partial charge in [-0.05, 0) is 49.4 Å². The van der Waals surface area contributed by atoms with Crippen LogP contribution in [-0.2, 0) is 10.0 Å². The first-order valence-corrected chi connectivity index (χ1v) is 8.58. The maximum Gasteiger partial charge on any atom is 0.229 e. The predicted octanol–water partition coefficient (Wildman–Crippen LogP) is 3.71. The van der Waals surface area contributed by atoms with Gasteiger partial charge in [0.25, 0.3) is 0 Å². The molecule has 7 heteroatoms. The Hall–Kier alpha value is -2.05. The van der Waals surface area contributed by atoms with Gasteiger partial charge in [0, 0.05) is 10.6 Å².